The number of benzene rings is 1. The van der Waals surface area contributed by atoms with E-state index in [2.05, 4.69) is 5.32 Å². The lowest BCUT2D eigenvalue weighted by atomic mass is 10.2. The maximum absolute atomic E-state index is 12.6. The molecule has 0 radical (unpaired) electrons. The molecule has 1 atom stereocenters. The molecule has 0 aromatic heterocycles. The van der Waals surface area contributed by atoms with Crippen LogP contribution in [0.2, 0.25) is 0 Å². The summed E-state index contributed by atoms with van der Waals surface area (Å²) in [6, 6.07) is 6.63. The molecule has 27 heavy (non-hydrogen) atoms. The molecule has 142 valence electrons. The number of amides is 2. The molecule has 7 nitrogen and oxygen atoms in total. The van der Waals surface area contributed by atoms with Gasteiger partial charge in [-0.2, -0.15) is 0 Å². The summed E-state index contributed by atoms with van der Waals surface area (Å²) in [4.78, 5) is 26.4. The standard InChI is InChI=1S/C17H16N2O5S3/c1-24-13-4-2-3-11(7-13)8-14-16(21)19(17(25)26-14)9-15(20)18-12-5-6-27(22,23)10-12/h2-8,12H,9-10H2,1H3,(H,18,20)/b14-8+/t12-/m0/s1. The van der Waals surface area contributed by atoms with Crippen molar-refractivity contribution in [2.45, 2.75) is 6.04 Å². The molecule has 10 heteroatoms. The lowest BCUT2D eigenvalue weighted by Gasteiger charge is -2.16. The van der Waals surface area contributed by atoms with Gasteiger partial charge >= 0.3 is 0 Å². The zero-order chi connectivity index (χ0) is 19.6. The van der Waals surface area contributed by atoms with Gasteiger partial charge < -0.3 is 10.1 Å². The summed E-state index contributed by atoms with van der Waals surface area (Å²) < 4.78 is 28.2. The number of nitrogens with one attached hydrogen (secondary N) is 1. The van der Waals surface area contributed by atoms with Gasteiger partial charge in [-0.25, -0.2) is 8.42 Å². The quantitative estimate of drug-likeness (QED) is 0.563. The van der Waals surface area contributed by atoms with Gasteiger partial charge in [0.25, 0.3) is 5.91 Å². The van der Waals surface area contributed by atoms with Crippen LogP contribution in [-0.2, 0) is 19.4 Å². The Kier molecular flexibility index (Phi) is 5.68. The molecule has 3 rings (SSSR count). The van der Waals surface area contributed by atoms with Crippen molar-refractivity contribution in [1.29, 1.82) is 0 Å². The van der Waals surface area contributed by atoms with E-state index in [1.54, 1.807) is 25.3 Å². The van der Waals surface area contributed by atoms with Crippen LogP contribution in [0.4, 0.5) is 0 Å². The number of hydrogen-bond acceptors (Lipinski definition) is 7. The third kappa shape index (κ3) is 4.76. The second-order valence-electron chi connectivity index (χ2n) is 5.88. The van der Waals surface area contributed by atoms with Crippen LogP contribution in [0.3, 0.4) is 0 Å². The zero-order valence-electron chi connectivity index (χ0n) is 14.2. The maximum Gasteiger partial charge on any atom is 0.266 e. The maximum atomic E-state index is 12.6. The SMILES string of the molecule is COc1cccc(/C=C2/SC(=S)N(CC(=O)N[C@H]3C=CS(=O)(=O)C3)C2=O)c1. The Balaban J connectivity index is 1.66. The van der Waals surface area contributed by atoms with Crippen LogP contribution in [-0.4, -0.2) is 54.9 Å². The molecule has 1 N–H and O–H groups in total. The number of sulfone groups is 1. The largest absolute Gasteiger partial charge is 0.497 e. The average molecular weight is 425 g/mol. The fraction of sp³-hybridized carbons (Fsp3) is 0.235. The van der Waals surface area contributed by atoms with Crippen LogP contribution in [0, 0.1) is 0 Å². The first-order valence-corrected chi connectivity index (χ1v) is 10.8. The highest BCUT2D eigenvalue weighted by molar-refractivity contribution is 8.26. The molecular formula is C17H16N2O5S3. The first kappa shape index (κ1) is 19.6. The van der Waals surface area contributed by atoms with Crippen LogP contribution in [0.15, 0.2) is 40.7 Å². The lowest BCUT2D eigenvalue weighted by Crippen LogP contribution is -2.43. The molecule has 0 unspecified atom stereocenters. The molecule has 2 amide bonds. The molecule has 1 fully saturated rings. The molecule has 2 aliphatic heterocycles. The van der Waals surface area contributed by atoms with E-state index in [4.69, 9.17) is 17.0 Å². The van der Waals surface area contributed by atoms with Gasteiger partial charge in [0.2, 0.25) is 5.91 Å². The second kappa shape index (κ2) is 7.83. The lowest BCUT2D eigenvalue weighted by molar-refractivity contribution is -0.128. The van der Waals surface area contributed by atoms with Crippen LogP contribution >= 0.6 is 24.0 Å². The predicted octanol–water partition coefficient (Wildman–Crippen LogP) is 1.32. The Hall–Kier alpha value is -2.17. The molecule has 0 aliphatic carbocycles. The number of rotatable bonds is 5. The molecule has 1 saturated heterocycles. The second-order valence-corrected chi connectivity index (χ2v) is 9.48. The third-order valence-electron chi connectivity index (χ3n) is 3.84. The predicted molar refractivity (Wildman–Crippen MR) is 108 cm³/mol. The number of carbonyl (C=O) groups excluding carboxylic acids is 2. The van der Waals surface area contributed by atoms with E-state index in [-0.39, 0.29) is 22.5 Å². The summed E-state index contributed by atoms with van der Waals surface area (Å²) >= 11 is 6.32. The van der Waals surface area contributed by atoms with Crippen molar-refractivity contribution < 1.29 is 22.7 Å². The van der Waals surface area contributed by atoms with E-state index in [1.807, 2.05) is 12.1 Å². The highest BCUT2D eigenvalue weighted by Gasteiger charge is 2.34. The van der Waals surface area contributed by atoms with E-state index in [0.717, 1.165) is 22.7 Å². The minimum atomic E-state index is -3.26. The average Bonchev–Trinajstić information content (AvgIpc) is 3.08. The number of carbonyl (C=O) groups is 2. The van der Waals surface area contributed by atoms with Crippen LogP contribution in [0.25, 0.3) is 6.08 Å². The highest BCUT2D eigenvalue weighted by atomic mass is 32.2. The summed E-state index contributed by atoms with van der Waals surface area (Å²) in [7, 11) is -1.71. The first-order chi connectivity index (χ1) is 12.8. The summed E-state index contributed by atoms with van der Waals surface area (Å²) in [5, 5.41) is 3.66. The Morgan fingerprint density at radius 3 is 2.93 bits per heavy atom. The summed E-state index contributed by atoms with van der Waals surface area (Å²) in [6.45, 7) is -0.259. The number of thiocarbonyl (C=S) groups is 1. The monoisotopic (exact) mass is 424 g/mol. The van der Waals surface area contributed by atoms with E-state index in [9.17, 15) is 18.0 Å². The number of nitrogens with zero attached hydrogens (tertiary/aromatic N) is 1. The van der Waals surface area contributed by atoms with Gasteiger partial charge in [-0.1, -0.05) is 36.1 Å². The molecule has 0 saturated carbocycles. The Bertz CT molecular complexity index is 969. The first-order valence-electron chi connectivity index (χ1n) is 7.87. The minimum Gasteiger partial charge on any atom is -0.497 e. The van der Waals surface area contributed by atoms with Crippen molar-refractivity contribution in [3.63, 3.8) is 0 Å². The third-order valence-corrected chi connectivity index (χ3v) is 6.62. The van der Waals surface area contributed by atoms with Gasteiger partial charge in [-0.05, 0) is 29.8 Å². The van der Waals surface area contributed by atoms with Crippen molar-refractivity contribution in [3.8, 4) is 5.75 Å². The fourth-order valence-corrected chi connectivity index (χ4v) is 5.07. The van der Waals surface area contributed by atoms with Gasteiger partial charge in [0, 0.05) is 5.41 Å². The van der Waals surface area contributed by atoms with Gasteiger partial charge in [0.15, 0.2) is 9.84 Å². The summed E-state index contributed by atoms with van der Waals surface area (Å²) in [5.41, 5.74) is 0.778. The zero-order valence-corrected chi connectivity index (χ0v) is 16.7. The van der Waals surface area contributed by atoms with Crippen molar-refractivity contribution in [1.82, 2.24) is 10.2 Å². The van der Waals surface area contributed by atoms with Crippen molar-refractivity contribution in [2.75, 3.05) is 19.4 Å². The molecule has 2 heterocycles. The van der Waals surface area contributed by atoms with Crippen LogP contribution < -0.4 is 10.1 Å². The molecule has 0 bridgehead atoms. The number of thioether (sulfide) groups is 1. The minimum absolute atomic E-state index is 0.174. The fourth-order valence-electron chi connectivity index (χ4n) is 2.58. The van der Waals surface area contributed by atoms with E-state index in [0.29, 0.717) is 10.7 Å². The van der Waals surface area contributed by atoms with E-state index >= 15 is 0 Å². The van der Waals surface area contributed by atoms with Crippen LogP contribution in [0.1, 0.15) is 5.56 Å². The Morgan fingerprint density at radius 2 is 2.26 bits per heavy atom. The van der Waals surface area contributed by atoms with Crippen molar-refractivity contribution in [3.05, 3.63) is 46.2 Å². The summed E-state index contributed by atoms with van der Waals surface area (Å²) in [6.07, 6.45) is 3.10. The topological polar surface area (TPSA) is 92.8 Å². The molecule has 2 aliphatic rings. The number of methoxy groups -OCH3 is 1. The van der Waals surface area contributed by atoms with Crippen molar-refractivity contribution >= 4 is 56.0 Å². The Labute approximate surface area is 166 Å². The van der Waals surface area contributed by atoms with Gasteiger partial charge in [0.1, 0.15) is 16.6 Å². The Morgan fingerprint density at radius 1 is 1.48 bits per heavy atom. The van der Waals surface area contributed by atoms with Crippen LogP contribution in [0.5, 0.6) is 5.75 Å². The summed E-state index contributed by atoms with van der Waals surface area (Å²) in [5.74, 6) is -0.344. The van der Waals surface area contributed by atoms with Gasteiger partial charge in [-0.3, -0.25) is 14.5 Å². The van der Waals surface area contributed by atoms with E-state index < -0.39 is 21.8 Å². The van der Waals surface area contributed by atoms with Gasteiger partial charge in [-0.15, -0.1) is 0 Å². The number of ether oxygens (including phenoxy) is 1. The van der Waals surface area contributed by atoms with Crippen molar-refractivity contribution in [2.24, 2.45) is 0 Å². The smallest absolute Gasteiger partial charge is 0.266 e. The molecule has 1 aromatic rings. The van der Waals surface area contributed by atoms with E-state index in [1.165, 1.54) is 11.0 Å². The highest BCUT2D eigenvalue weighted by Crippen LogP contribution is 2.32. The van der Waals surface area contributed by atoms with Gasteiger partial charge in [0.05, 0.1) is 23.8 Å². The molecule has 0 spiro atoms. The molecular weight excluding hydrogens is 408 g/mol. The normalized spacial score (nSPS) is 22.5. The molecule has 1 aromatic carbocycles. The number of hydrogen-bond donors (Lipinski definition) is 1.